The van der Waals surface area contributed by atoms with Gasteiger partial charge in [0.2, 0.25) is 5.95 Å². The zero-order valence-electron chi connectivity index (χ0n) is 11.3. The third-order valence-corrected chi connectivity index (χ3v) is 3.55. The second-order valence-corrected chi connectivity index (χ2v) is 5.01. The van der Waals surface area contributed by atoms with Crippen molar-refractivity contribution in [2.24, 2.45) is 0 Å². The first-order valence-corrected chi connectivity index (χ1v) is 6.97. The molecule has 1 aliphatic heterocycles. The van der Waals surface area contributed by atoms with Gasteiger partial charge in [0.15, 0.2) is 0 Å². The number of nitrogens with zero attached hydrogens (tertiary/aromatic N) is 5. The Hall–Kier alpha value is -1.99. The molecule has 7 nitrogen and oxygen atoms in total. The van der Waals surface area contributed by atoms with E-state index in [1.54, 1.807) is 18.3 Å². The van der Waals surface area contributed by atoms with Gasteiger partial charge in [0.25, 0.3) is 0 Å². The number of morpholine rings is 1. The van der Waals surface area contributed by atoms with Crippen LogP contribution in [0.25, 0.3) is 0 Å². The molecule has 0 bridgehead atoms. The van der Waals surface area contributed by atoms with Crippen molar-refractivity contribution in [2.45, 2.75) is 6.54 Å². The minimum absolute atomic E-state index is 0.252. The van der Waals surface area contributed by atoms with Gasteiger partial charge < -0.3 is 9.64 Å². The Kier molecular flexibility index (Phi) is 4.12. The van der Waals surface area contributed by atoms with Crippen LogP contribution in [0, 0.1) is 0 Å². The number of hydrogen-bond donors (Lipinski definition) is 0. The highest BCUT2D eigenvalue weighted by Crippen LogP contribution is 2.13. The molecular weight excluding hydrogens is 294 g/mol. The summed E-state index contributed by atoms with van der Waals surface area (Å²) in [4.78, 5) is 26.4. The Bertz CT molecular complexity index is 684. The summed E-state index contributed by atoms with van der Waals surface area (Å²) in [6.07, 6.45) is 3.11. The van der Waals surface area contributed by atoms with Gasteiger partial charge in [0.1, 0.15) is 6.33 Å². The topological polar surface area (TPSA) is 73.1 Å². The monoisotopic (exact) mass is 307 g/mol. The van der Waals surface area contributed by atoms with Gasteiger partial charge in [0, 0.05) is 19.3 Å². The summed E-state index contributed by atoms with van der Waals surface area (Å²) in [7, 11) is 0. The van der Waals surface area contributed by atoms with Crippen molar-refractivity contribution in [1.82, 2.24) is 19.5 Å². The number of hydrogen-bond acceptors (Lipinski definition) is 6. The average molecular weight is 308 g/mol. The Morgan fingerprint density at radius 1 is 1.29 bits per heavy atom. The van der Waals surface area contributed by atoms with Crippen LogP contribution in [0.3, 0.4) is 0 Å². The van der Waals surface area contributed by atoms with Crippen LogP contribution in [0.5, 0.6) is 0 Å². The van der Waals surface area contributed by atoms with Crippen LogP contribution >= 0.6 is 11.6 Å². The van der Waals surface area contributed by atoms with Crippen molar-refractivity contribution < 1.29 is 4.74 Å². The number of aromatic nitrogens is 4. The predicted molar refractivity (Wildman–Crippen MR) is 77.7 cm³/mol. The molecule has 3 rings (SSSR count). The molecule has 0 aliphatic carbocycles. The molecule has 0 amide bonds. The van der Waals surface area contributed by atoms with Crippen molar-refractivity contribution in [3.63, 3.8) is 0 Å². The molecule has 2 aromatic rings. The van der Waals surface area contributed by atoms with Crippen LogP contribution in [0.15, 0.2) is 29.5 Å². The Labute approximate surface area is 126 Å². The van der Waals surface area contributed by atoms with Crippen LogP contribution in [-0.2, 0) is 11.3 Å². The number of pyridine rings is 1. The summed E-state index contributed by atoms with van der Waals surface area (Å²) >= 11 is 6.04. The van der Waals surface area contributed by atoms with E-state index in [0.29, 0.717) is 43.0 Å². The lowest BCUT2D eigenvalue weighted by molar-refractivity contribution is 0.122. The highest BCUT2D eigenvalue weighted by atomic mass is 35.5. The van der Waals surface area contributed by atoms with Crippen LogP contribution in [0.1, 0.15) is 5.69 Å². The van der Waals surface area contributed by atoms with E-state index in [1.165, 1.54) is 10.9 Å². The Morgan fingerprint density at radius 2 is 2.10 bits per heavy atom. The first kappa shape index (κ1) is 14.0. The summed E-state index contributed by atoms with van der Waals surface area (Å²) in [6, 6.07) is 3.48. The van der Waals surface area contributed by atoms with Gasteiger partial charge in [-0.2, -0.15) is 4.98 Å². The van der Waals surface area contributed by atoms with Crippen molar-refractivity contribution >= 4 is 17.5 Å². The highest BCUT2D eigenvalue weighted by molar-refractivity contribution is 6.31. The first-order chi connectivity index (χ1) is 10.2. The van der Waals surface area contributed by atoms with Crippen molar-refractivity contribution in [1.29, 1.82) is 0 Å². The molecule has 110 valence electrons. The summed E-state index contributed by atoms with van der Waals surface area (Å²) in [5, 5.41) is 0.515. The largest absolute Gasteiger partial charge is 0.378 e. The van der Waals surface area contributed by atoms with Crippen molar-refractivity contribution in [3.8, 4) is 0 Å². The predicted octanol–water partition coefficient (Wildman–Crippen LogP) is 0.572. The molecule has 0 aromatic carbocycles. The van der Waals surface area contributed by atoms with E-state index in [0.717, 1.165) is 0 Å². The molecule has 3 heterocycles. The van der Waals surface area contributed by atoms with Gasteiger partial charge in [-0.25, -0.2) is 9.78 Å². The summed E-state index contributed by atoms with van der Waals surface area (Å²) in [6.45, 7) is 2.87. The normalized spacial score (nSPS) is 15.2. The van der Waals surface area contributed by atoms with Crippen LogP contribution < -0.4 is 10.6 Å². The Morgan fingerprint density at radius 3 is 2.81 bits per heavy atom. The fourth-order valence-electron chi connectivity index (χ4n) is 2.07. The van der Waals surface area contributed by atoms with Crippen LogP contribution in [0.4, 0.5) is 5.95 Å². The SMILES string of the molecule is O=c1nc(N2CCOCC2)ncn1Cc1ncccc1Cl. The van der Waals surface area contributed by atoms with E-state index in [4.69, 9.17) is 16.3 Å². The fourth-order valence-corrected chi connectivity index (χ4v) is 2.25. The lowest BCUT2D eigenvalue weighted by atomic mass is 10.3. The summed E-state index contributed by atoms with van der Waals surface area (Å²) in [5.74, 6) is 0.437. The molecule has 0 unspecified atom stereocenters. The summed E-state index contributed by atoms with van der Waals surface area (Å²) < 4.78 is 6.65. The average Bonchev–Trinajstić information content (AvgIpc) is 2.52. The number of rotatable bonds is 3. The third-order valence-electron chi connectivity index (χ3n) is 3.20. The zero-order chi connectivity index (χ0) is 14.7. The van der Waals surface area contributed by atoms with E-state index < -0.39 is 0 Å². The quantitative estimate of drug-likeness (QED) is 0.825. The van der Waals surface area contributed by atoms with Gasteiger partial charge in [-0.05, 0) is 12.1 Å². The highest BCUT2D eigenvalue weighted by Gasteiger charge is 2.15. The lowest BCUT2D eigenvalue weighted by Gasteiger charge is -2.26. The van der Waals surface area contributed by atoms with E-state index in [9.17, 15) is 4.79 Å². The molecule has 0 saturated carbocycles. The molecule has 1 saturated heterocycles. The maximum absolute atomic E-state index is 12.1. The van der Waals surface area contributed by atoms with Crippen LogP contribution in [-0.4, -0.2) is 45.8 Å². The molecule has 1 aliphatic rings. The number of halogens is 1. The van der Waals surface area contributed by atoms with Gasteiger partial charge >= 0.3 is 5.69 Å². The van der Waals surface area contributed by atoms with E-state index in [1.807, 2.05) is 4.90 Å². The molecule has 0 spiro atoms. The number of ether oxygens (including phenoxy) is 1. The van der Waals surface area contributed by atoms with Gasteiger partial charge in [0.05, 0.1) is 30.5 Å². The molecule has 0 atom stereocenters. The second kappa shape index (κ2) is 6.19. The smallest absolute Gasteiger partial charge is 0.352 e. The zero-order valence-corrected chi connectivity index (χ0v) is 12.0. The molecule has 0 radical (unpaired) electrons. The number of anilines is 1. The first-order valence-electron chi connectivity index (χ1n) is 6.59. The fraction of sp³-hybridized carbons (Fsp3) is 0.385. The molecule has 21 heavy (non-hydrogen) atoms. The van der Waals surface area contributed by atoms with E-state index in [2.05, 4.69) is 15.0 Å². The maximum atomic E-state index is 12.1. The maximum Gasteiger partial charge on any atom is 0.352 e. The minimum Gasteiger partial charge on any atom is -0.378 e. The molecule has 2 aromatic heterocycles. The third kappa shape index (κ3) is 3.20. The lowest BCUT2D eigenvalue weighted by Crippen LogP contribution is -2.39. The van der Waals surface area contributed by atoms with Gasteiger partial charge in [-0.15, -0.1) is 0 Å². The Balaban J connectivity index is 1.81. The minimum atomic E-state index is -0.367. The second-order valence-electron chi connectivity index (χ2n) is 4.60. The van der Waals surface area contributed by atoms with Crippen molar-refractivity contribution in [2.75, 3.05) is 31.2 Å². The van der Waals surface area contributed by atoms with Crippen LogP contribution in [0.2, 0.25) is 5.02 Å². The van der Waals surface area contributed by atoms with Gasteiger partial charge in [-0.1, -0.05) is 11.6 Å². The molecule has 8 heteroatoms. The molecule has 1 fully saturated rings. The van der Waals surface area contributed by atoms with E-state index in [-0.39, 0.29) is 12.2 Å². The molecule has 0 N–H and O–H groups in total. The standard InChI is InChI=1S/C13H14ClN5O2/c14-10-2-1-3-15-11(10)8-19-9-16-12(17-13(19)20)18-4-6-21-7-5-18/h1-3,9H,4-8H2. The molecular formula is C13H14ClN5O2. The summed E-state index contributed by atoms with van der Waals surface area (Å²) in [5.41, 5.74) is 0.247. The van der Waals surface area contributed by atoms with Gasteiger partial charge in [-0.3, -0.25) is 9.55 Å². The van der Waals surface area contributed by atoms with Crippen molar-refractivity contribution in [3.05, 3.63) is 45.9 Å². The van der Waals surface area contributed by atoms with E-state index >= 15 is 0 Å².